The molecule has 146 valence electrons. The van der Waals surface area contributed by atoms with Crippen LogP contribution in [0.3, 0.4) is 0 Å². The molecule has 1 aliphatic carbocycles. The second-order valence-corrected chi connectivity index (χ2v) is 8.36. The number of amides is 2. The Bertz CT molecular complexity index is 799. The van der Waals surface area contributed by atoms with Gasteiger partial charge in [-0.1, -0.05) is 19.3 Å². The van der Waals surface area contributed by atoms with E-state index in [9.17, 15) is 14.4 Å². The number of hydrogen-bond acceptors (Lipinski definition) is 4. The van der Waals surface area contributed by atoms with E-state index in [1.165, 1.54) is 25.5 Å². The number of aryl methyl sites for hydroxylation is 1. The number of rotatable bonds is 2. The highest BCUT2D eigenvalue weighted by Crippen LogP contribution is 2.42. The molecule has 27 heavy (non-hydrogen) atoms. The molecule has 2 aliphatic heterocycles. The third-order valence-electron chi connectivity index (χ3n) is 6.58. The van der Waals surface area contributed by atoms with E-state index in [1.54, 1.807) is 11.8 Å². The number of nitrogens with zero attached hydrogens (tertiary/aromatic N) is 3. The van der Waals surface area contributed by atoms with E-state index < -0.39 is 11.0 Å². The molecule has 1 aromatic rings. The first-order valence-electron chi connectivity index (χ1n) is 10.2. The highest BCUT2D eigenvalue weighted by Gasteiger charge is 2.50. The van der Waals surface area contributed by atoms with Crippen LogP contribution in [0.15, 0.2) is 11.0 Å². The number of hydrogen-bond donors (Lipinski definition) is 1. The standard InChI is InChI=1S/C20H28N4O3/c1-14-21-12-16(17(25)22-14)18(26)23-11-9-20(13-23)8-5-10-24(19(20)27)15-6-3-2-4-7-15/h12,15H,2-11,13H2,1H3,(H,21,22,25)/t20-/m0/s1. The second-order valence-electron chi connectivity index (χ2n) is 8.36. The molecule has 2 saturated heterocycles. The summed E-state index contributed by atoms with van der Waals surface area (Å²) >= 11 is 0. The number of piperidine rings is 1. The van der Waals surface area contributed by atoms with Crippen molar-refractivity contribution in [1.82, 2.24) is 19.8 Å². The molecule has 1 aromatic heterocycles. The smallest absolute Gasteiger partial charge is 0.263 e. The Morgan fingerprint density at radius 2 is 1.93 bits per heavy atom. The van der Waals surface area contributed by atoms with Gasteiger partial charge in [-0.25, -0.2) is 4.98 Å². The zero-order valence-electron chi connectivity index (χ0n) is 16.0. The van der Waals surface area contributed by atoms with Gasteiger partial charge in [0.25, 0.3) is 11.5 Å². The average molecular weight is 372 g/mol. The molecule has 1 spiro atoms. The minimum atomic E-state index is -0.462. The molecule has 0 unspecified atom stereocenters. The molecular weight excluding hydrogens is 344 g/mol. The summed E-state index contributed by atoms with van der Waals surface area (Å²) in [4.78, 5) is 48.7. The molecule has 7 nitrogen and oxygen atoms in total. The van der Waals surface area contributed by atoms with E-state index >= 15 is 0 Å². The first kappa shape index (κ1) is 18.2. The molecule has 4 rings (SSSR count). The molecule has 2 amide bonds. The zero-order valence-corrected chi connectivity index (χ0v) is 16.0. The van der Waals surface area contributed by atoms with Crippen LogP contribution in [-0.2, 0) is 4.79 Å². The monoisotopic (exact) mass is 372 g/mol. The Hall–Kier alpha value is -2.18. The predicted octanol–water partition coefficient (Wildman–Crippen LogP) is 1.87. The highest BCUT2D eigenvalue weighted by atomic mass is 16.2. The van der Waals surface area contributed by atoms with E-state index in [1.807, 2.05) is 0 Å². The van der Waals surface area contributed by atoms with Crippen LogP contribution in [0.25, 0.3) is 0 Å². The maximum atomic E-state index is 13.4. The second kappa shape index (κ2) is 7.09. The van der Waals surface area contributed by atoms with E-state index in [0.717, 1.165) is 32.2 Å². The SMILES string of the molecule is Cc1ncc(C(=O)N2CC[C@@]3(CCCN(C4CCCCC4)C3=O)C2)c(=O)[nH]1. The summed E-state index contributed by atoms with van der Waals surface area (Å²) in [7, 11) is 0. The highest BCUT2D eigenvalue weighted by molar-refractivity contribution is 5.95. The molecule has 0 aromatic carbocycles. The minimum absolute atomic E-state index is 0.0602. The van der Waals surface area contributed by atoms with Gasteiger partial charge in [0.2, 0.25) is 5.91 Å². The summed E-state index contributed by atoms with van der Waals surface area (Å²) in [5, 5.41) is 0. The summed E-state index contributed by atoms with van der Waals surface area (Å²) < 4.78 is 0. The van der Waals surface area contributed by atoms with Crippen molar-refractivity contribution in [2.45, 2.75) is 64.3 Å². The first-order valence-corrected chi connectivity index (χ1v) is 10.2. The van der Waals surface area contributed by atoms with Gasteiger partial charge in [-0.05, 0) is 39.0 Å². The Morgan fingerprint density at radius 3 is 2.67 bits per heavy atom. The molecule has 3 heterocycles. The molecule has 0 bridgehead atoms. The third kappa shape index (κ3) is 3.28. The minimum Gasteiger partial charge on any atom is -0.339 e. The largest absolute Gasteiger partial charge is 0.339 e. The normalized spacial score (nSPS) is 26.8. The summed E-state index contributed by atoms with van der Waals surface area (Å²) in [5.41, 5.74) is -0.812. The van der Waals surface area contributed by atoms with Crippen molar-refractivity contribution in [3.05, 3.63) is 27.9 Å². The van der Waals surface area contributed by atoms with Gasteiger partial charge in [0.15, 0.2) is 0 Å². The van der Waals surface area contributed by atoms with Crippen LogP contribution in [0.2, 0.25) is 0 Å². The quantitative estimate of drug-likeness (QED) is 0.859. The molecule has 7 heteroatoms. The van der Waals surface area contributed by atoms with Gasteiger partial charge in [0.05, 0.1) is 5.41 Å². The van der Waals surface area contributed by atoms with Crippen LogP contribution >= 0.6 is 0 Å². The molecule has 1 N–H and O–H groups in total. The van der Waals surface area contributed by atoms with Gasteiger partial charge >= 0.3 is 0 Å². The van der Waals surface area contributed by atoms with Crippen molar-refractivity contribution in [2.75, 3.05) is 19.6 Å². The fourth-order valence-electron chi connectivity index (χ4n) is 5.07. The van der Waals surface area contributed by atoms with Crippen LogP contribution in [0, 0.1) is 12.3 Å². The Labute approximate surface area is 159 Å². The van der Waals surface area contributed by atoms with Gasteiger partial charge in [-0.15, -0.1) is 0 Å². The van der Waals surface area contributed by atoms with Gasteiger partial charge in [0.1, 0.15) is 11.4 Å². The summed E-state index contributed by atoms with van der Waals surface area (Å²) in [6.07, 6.45) is 9.76. The van der Waals surface area contributed by atoms with Crippen molar-refractivity contribution in [3.8, 4) is 0 Å². The lowest BCUT2D eigenvalue weighted by Crippen LogP contribution is -2.54. The predicted molar refractivity (Wildman–Crippen MR) is 100 cm³/mol. The van der Waals surface area contributed by atoms with Crippen LogP contribution in [-0.4, -0.2) is 57.3 Å². The zero-order chi connectivity index (χ0) is 19.0. The third-order valence-corrected chi connectivity index (χ3v) is 6.58. The number of H-pyrrole nitrogens is 1. The maximum Gasteiger partial charge on any atom is 0.263 e. The lowest BCUT2D eigenvalue weighted by Gasteiger charge is -2.44. The van der Waals surface area contributed by atoms with Gasteiger partial charge in [-0.3, -0.25) is 14.4 Å². The maximum absolute atomic E-state index is 13.4. The van der Waals surface area contributed by atoms with E-state index in [-0.39, 0.29) is 17.4 Å². The number of aromatic amines is 1. The van der Waals surface area contributed by atoms with Gasteiger partial charge < -0.3 is 14.8 Å². The number of aromatic nitrogens is 2. The summed E-state index contributed by atoms with van der Waals surface area (Å²) in [6.45, 7) is 3.47. The Kier molecular flexibility index (Phi) is 4.78. The van der Waals surface area contributed by atoms with Crippen molar-refractivity contribution >= 4 is 11.8 Å². The average Bonchev–Trinajstić information content (AvgIpc) is 3.09. The van der Waals surface area contributed by atoms with Crippen LogP contribution in [0.1, 0.15) is 67.5 Å². The topological polar surface area (TPSA) is 86.4 Å². The molecule has 3 aliphatic rings. The van der Waals surface area contributed by atoms with Crippen molar-refractivity contribution in [1.29, 1.82) is 0 Å². The number of nitrogens with one attached hydrogen (secondary N) is 1. The van der Waals surface area contributed by atoms with Crippen molar-refractivity contribution < 1.29 is 9.59 Å². The van der Waals surface area contributed by atoms with Crippen LogP contribution < -0.4 is 5.56 Å². The van der Waals surface area contributed by atoms with Crippen molar-refractivity contribution in [2.24, 2.45) is 5.41 Å². The lowest BCUT2D eigenvalue weighted by atomic mass is 9.77. The lowest BCUT2D eigenvalue weighted by molar-refractivity contribution is -0.149. The number of carbonyl (C=O) groups is 2. The molecule has 1 atom stereocenters. The molecule has 0 radical (unpaired) electrons. The van der Waals surface area contributed by atoms with Gasteiger partial charge in [-0.2, -0.15) is 0 Å². The van der Waals surface area contributed by atoms with Crippen LogP contribution in [0.5, 0.6) is 0 Å². The summed E-state index contributed by atoms with van der Waals surface area (Å²) in [6, 6.07) is 0.373. The van der Waals surface area contributed by atoms with E-state index in [0.29, 0.717) is 31.4 Å². The summed E-state index contributed by atoms with van der Waals surface area (Å²) in [5.74, 6) is 0.398. The number of carbonyl (C=O) groups excluding carboxylic acids is 2. The van der Waals surface area contributed by atoms with Crippen LogP contribution in [0.4, 0.5) is 0 Å². The molecule has 1 saturated carbocycles. The van der Waals surface area contributed by atoms with E-state index in [4.69, 9.17) is 0 Å². The fraction of sp³-hybridized carbons (Fsp3) is 0.700. The van der Waals surface area contributed by atoms with Crippen molar-refractivity contribution in [3.63, 3.8) is 0 Å². The fourth-order valence-corrected chi connectivity index (χ4v) is 5.07. The Morgan fingerprint density at radius 1 is 1.15 bits per heavy atom. The molecular formula is C20H28N4O3. The molecule has 3 fully saturated rings. The van der Waals surface area contributed by atoms with E-state index in [2.05, 4.69) is 14.9 Å². The Balaban J connectivity index is 1.51. The number of likely N-dealkylation sites (tertiary alicyclic amines) is 2. The first-order chi connectivity index (χ1) is 13.0. The van der Waals surface area contributed by atoms with Gasteiger partial charge in [0, 0.05) is 31.9 Å².